The van der Waals surface area contributed by atoms with Crippen LogP contribution in [0.5, 0.6) is 0 Å². The molecule has 0 fully saturated rings. The Bertz CT molecular complexity index is 382. The monoisotopic (exact) mass is 263 g/mol. The van der Waals surface area contributed by atoms with Crippen LogP contribution in [0.3, 0.4) is 0 Å². The van der Waals surface area contributed by atoms with Crippen molar-refractivity contribution >= 4 is 5.82 Å². The van der Waals surface area contributed by atoms with E-state index in [1.807, 2.05) is 12.3 Å². The molecule has 1 unspecified atom stereocenters. The van der Waals surface area contributed by atoms with Crippen LogP contribution in [0.2, 0.25) is 0 Å². The molecule has 108 valence electrons. The van der Waals surface area contributed by atoms with Gasteiger partial charge in [-0.05, 0) is 28.9 Å². The summed E-state index contributed by atoms with van der Waals surface area (Å²) in [5, 5.41) is 3.31. The second kappa shape index (κ2) is 5.91. The smallest absolute Gasteiger partial charge is 0.125 e. The fraction of sp³-hybridized carbons (Fsp3) is 0.688. The summed E-state index contributed by atoms with van der Waals surface area (Å²) in [5.41, 5.74) is 7.78. The summed E-state index contributed by atoms with van der Waals surface area (Å²) in [6.45, 7) is 14.0. The van der Waals surface area contributed by atoms with Gasteiger partial charge in [0.05, 0.1) is 0 Å². The minimum Gasteiger partial charge on any atom is -0.369 e. The van der Waals surface area contributed by atoms with Gasteiger partial charge in [0.15, 0.2) is 0 Å². The third kappa shape index (κ3) is 6.06. The number of nitrogens with two attached hydrogens (primary N) is 1. The zero-order chi connectivity index (χ0) is 14.7. The van der Waals surface area contributed by atoms with Crippen molar-refractivity contribution in [2.45, 2.75) is 59.4 Å². The van der Waals surface area contributed by atoms with Gasteiger partial charge in [0.1, 0.15) is 5.82 Å². The van der Waals surface area contributed by atoms with Gasteiger partial charge in [0.25, 0.3) is 0 Å². The Morgan fingerprint density at radius 1 is 1.16 bits per heavy atom. The van der Waals surface area contributed by atoms with Crippen molar-refractivity contribution in [1.82, 2.24) is 4.98 Å². The maximum Gasteiger partial charge on any atom is 0.125 e. The summed E-state index contributed by atoms with van der Waals surface area (Å²) in [5.74, 6) is 0.900. The van der Waals surface area contributed by atoms with Crippen molar-refractivity contribution in [3.8, 4) is 0 Å². The molecule has 3 N–H and O–H groups in total. The van der Waals surface area contributed by atoms with Crippen molar-refractivity contribution in [2.75, 3.05) is 11.9 Å². The Hall–Kier alpha value is -1.09. The average Bonchev–Trinajstić information content (AvgIpc) is 2.23. The minimum absolute atomic E-state index is 0.147. The topological polar surface area (TPSA) is 50.9 Å². The van der Waals surface area contributed by atoms with Gasteiger partial charge in [-0.15, -0.1) is 0 Å². The predicted octanol–water partition coefficient (Wildman–Crippen LogP) is 3.55. The summed E-state index contributed by atoms with van der Waals surface area (Å²) >= 11 is 0. The van der Waals surface area contributed by atoms with Crippen LogP contribution in [0.4, 0.5) is 5.82 Å². The first-order valence-electron chi connectivity index (χ1n) is 7.04. The van der Waals surface area contributed by atoms with Crippen LogP contribution in [0.15, 0.2) is 18.3 Å². The van der Waals surface area contributed by atoms with E-state index in [2.05, 4.69) is 57.9 Å². The molecule has 0 aliphatic heterocycles. The molecule has 0 aliphatic rings. The minimum atomic E-state index is 0.147. The molecule has 3 nitrogen and oxygen atoms in total. The van der Waals surface area contributed by atoms with E-state index in [0.29, 0.717) is 0 Å². The Morgan fingerprint density at radius 2 is 1.79 bits per heavy atom. The van der Waals surface area contributed by atoms with Crippen LogP contribution in [0.1, 0.15) is 53.5 Å². The fourth-order valence-electron chi connectivity index (χ4n) is 2.04. The lowest BCUT2D eigenvalue weighted by atomic mass is 9.88. The summed E-state index contributed by atoms with van der Waals surface area (Å²) in [4.78, 5) is 4.45. The Labute approximate surface area is 118 Å². The molecule has 19 heavy (non-hydrogen) atoms. The van der Waals surface area contributed by atoms with E-state index >= 15 is 0 Å². The molecule has 0 saturated carbocycles. The van der Waals surface area contributed by atoms with E-state index in [9.17, 15) is 0 Å². The lowest BCUT2D eigenvalue weighted by Gasteiger charge is -2.23. The number of nitrogens with one attached hydrogen (secondary N) is 1. The number of nitrogens with zero attached hydrogens (tertiary/aromatic N) is 1. The molecule has 0 radical (unpaired) electrons. The van der Waals surface area contributed by atoms with Gasteiger partial charge in [-0.3, -0.25) is 0 Å². The lowest BCUT2D eigenvalue weighted by molar-refractivity contribution is 0.344. The Balaban J connectivity index is 2.51. The Kier molecular flexibility index (Phi) is 4.97. The van der Waals surface area contributed by atoms with E-state index in [0.717, 1.165) is 18.8 Å². The maximum absolute atomic E-state index is 6.12. The van der Waals surface area contributed by atoms with E-state index in [4.69, 9.17) is 5.73 Å². The first-order valence-corrected chi connectivity index (χ1v) is 7.04. The SMILES string of the molecule is CC(C)(C)CC(N)CNc1ccc(C(C)(C)C)cn1. The molecule has 1 rings (SSSR count). The van der Waals surface area contributed by atoms with Gasteiger partial charge in [-0.1, -0.05) is 47.6 Å². The number of aromatic nitrogens is 1. The Morgan fingerprint density at radius 3 is 2.21 bits per heavy atom. The number of pyridine rings is 1. The molecule has 1 aromatic rings. The van der Waals surface area contributed by atoms with Gasteiger partial charge in [0.2, 0.25) is 0 Å². The van der Waals surface area contributed by atoms with Gasteiger partial charge in [-0.25, -0.2) is 4.98 Å². The van der Waals surface area contributed by atoms with Crippen LogP contribution < -0.4 is 11.1 Å². The van der Waals surface area contributed by atoms with Crippen molar-refractivity contribution in [1.29, 1.82) is 0 Å². The van der Waals surface area contributed by atoms with Crippen molar-refractivity contribution < 1.29 is 0 Å². The third-order valence-electron chi connectivity index (χ3n) is 3.05. The van der Waals surface area contributed by atoms with Crippen LogP contribution in [0.25, 0.3) is 0 Å². The van der Waals surface area contributed by atoms with Crippen molar-refractivity contribution in [3.63, 3.8) is 0 Å². The van der Waals surface area contributed by atoms with E-state index < -0.39 is 0 Å². The molecule has 0 aromatic carbocycles. The number of rotatable bonds is 4. The largest absolute Gasteiger partial charge is 0.369 e. The zero-order valence-electron chi connectivity index (χ0n) is 13.2. The van der Waals surface area contributed by atoms with E-state index in [1.54, 1.807) is 0 Å². The first-order chi connectivity index (χ1) is 8.58. The molecule has 1 atom stereocenters. The van der Waals surface area contributed by atoms with Crippen molar-refractivity contribution in [3.05, 3.63) is 23.9 Å². The standard InChI is InChI=1S/C16H29N3/c1-15(2,3)9-13(17)11-19-14-8-7-12(10-18-14)16(4,5)6/h7-8,10,13H,9,11,17H2,1-6H3,(H,18,19). The van der Waals surface area contributed by atoms with Crippen LogP contribution in [-0.2, 0) is 5.41 Å². The number of hydrogen-bond donors (Lipinski definition) is 2. The second-order valence-electron chi connectivity index (χ2n) is 7.59. The summed E-state index contributed by atoms with van der Waals surface area (Å²) < 4.78 is 0. The summed E-state index contributed by atoms with van der Waals surface area (Å²) in [6, 6.07) is 4.32. The maximum atomic E-state index is 6.12. The quantitative estimate of drug-likeness (QED) is 0.873. The summed E-state index contributed by atoms with van der Waals surface area (Å²) in [7, 11) is 0. The fourth-order valence-corrected chi connectivity index (χ4v) is 2.04. The predicted molar refractivity (Wildman–Crippen MR) is 83.5 cm³/mol. The highest BCUT2D eigenvalue weighted by Crippen LogP contribution is 2.22. The van der Waals surface area contributed by atoms with Crippen LogP contribution >= 0.6 is 0 Å². The van der Waals surface area contributed by atoms with Gasteiger partial charge < -0.3 is 11.1 Å². The molecule has 1 heterocycles. The van der Waals surface area contributed by atoms with Crippen LogP contribution in [0, 0.1) is 5.41 Å². The highest BCUT2D eigenvalue weighted by atomic mass is 15.0. The number of hydrogen-bond acceptors (Lipinski definition) is 3. The average molecular weight is 263 g/mol. The lowest BCUT2D eigenvalue weighted by Crippen LogP contribution is -2.33. The highest BCUT2D eigenvalue weighted by molar-refractivity contribution is 5.37. The van der Waals surface area contributed by atoms with E-state index in [1.165, 1.54) is 5.56 Å². The number of anilines is 1. The van der Waals surface area contributed by atoms with Gasteiger partial charge in [-0.2, -0.15) is 0 Å². The zero-order valence-corrected chi connectivity index (χ0v) is 13.2. The highest BCUT2D eigenvalue weighted by Gasteiger charge is 2.16. The van der Waals surface area contributed by atoms with Gasteiger partial charge in [0, 0.05) is 18.8 Å². The normalized spacial score (nSPS) is 14.3. The second-order valence-corrected chi connectivity index (χ2v) is 7.59. The first kappa shape index (κ1) is 16.0. The molecule has 0 aliphatic carbocycles. The van der Waals surface area contributed by atoms with Crippen LogP contribution in [-0.4, -0.2) is 17.6 Å². The molecule has 3 heteroatoms. The summed E-state index contributed by atoms with van der Waals surface area (Å²) in [6.07, 6.45) is 2.94. The molecule has 0 bridgehead atoms. The molecule has 0 saturated heterocycles. The molecular weight excluding hydrogens is 234 g/mol. The molecular formula is C16H29N3. The van der Waals surface area contributed by atoms with E-state index in [-0.39, 0.29) is 16.9 Å². The molecule has 0 spiro atoms. The van der Waals surface area contributed by atoms with Crippen molar-refractivity contribution in [2.24, 2.45) is 11.1 Å². The molecule has 0 amide bonds. The van der Waals surface area contributed by atoms with Gasteiger partial charge >= 0.3 is 0 Å². The molecule has 1 aromatic heterocycles. The third-order valence-corrected chi connectivity index (χ3v) is 3.05.